The van der Waals surface area contributed by atoms with E-state index in [1.807, 2.05) is 0 Å². The van der Waals surface area contributed by atoms with Crippen molar-refractivity contribution in [2.75, 3.05) is 37.4 Å². The summed E-state index contributed by atoms with van der Waals surface area (Å²) in [5.41, 5.74) is 0.760. The highest BCUT2D eigenvalue weighted by Crippen LogP contribution is 2.28. The zero-order chi connectivity index (χ0) is 17.6. The Labute approximate surface area is 146 Å². The number of benzene rings is 1. The fourth-order valence-electron chi connectivity index (χ4n) is 1.91. The Bertz CT molecular complexity index is 782. The summed E-state index contributed by atoms with van der Waals surface area (Å²) in [5, 5.41) is 3.38. The van der Waals surface area contributed by atoms with Gasteiger partial charge in [-0.25, -0.2) is 13.4 Å². The zero-order valence-electron chi connectivity index (χ0n) is 13.2. The van der Waals surface area contributed by atoms with Crippen LogP contribution in [0, 0.1) is 0 Å². The van der Waals surface area contributed by atoms with Gasteiger partial charge in [-0.05, 0) is 30.3 Å². The third kappa shape index (κ3) is 4.73. The molecule has 9 heteroatoms. The molecular formula is C15H18ClN3O4S. The van der Waals surface area contributed by atoms with Gasteiger partial charge in [0.05, 0.1) is 25.6 Å². The summed E-state index contributed by atoms with van der Waals surface area (Å²) in [4.78, 5) is 4.02. The Hall–Kier alpha value is -2.03. The lowest BCUT2D eigenvalue weighted by atomic mass is 10.3. The van der Waals surface area contributed by atoms with Crippen molar-refractivity contribution in [2.24, 2.45) is 0 Å². The number of pyridine rings is 1. The predicted octanol–water partition coefficient (Wildman–Crippen LogP) is 2.60. The van der Waals surface area contributed by atoms with Gasteiger partial charge in [-0.15, -0.1) is 0 Å². The fourth-order valence-corrected chi connectivity index (χ4v) is 3.35. The molecule has 24 heavy (non-hydrogen) atoms. The molecule has 0 unspecified atom stereocenters. The van der Waals surface area contributed by atoms with Crippen LogP contribution in [0.4, 0.5) is 11.5 Å². The Kier molecular flexibility index (Phi) is 6.24. The fraction of sp³-hybridized carbons (Fsp3) is 0.267. The standard InChI is InChI=1S/C15H18ClN3O4S/c1-22-8-7-17-12-4-6-15(18-10-12)19-24(20,21)14-9-11(16)3-5-13(14)23-2/h3-6,9-10,17H,7-8H2,1-2H3,(H,18,19). The minimum Gasteiger partial charge on any atom is -0.495 e. The first-order valence-corrected chi connectivity index (χ1v) is 8.87. The molecule has 1 heterocycles. The van der Waals surface area contributed by atoms with Crippen LogP contribution in [0.2, 0.25) is 5.02 Å². The number of anilines is 2. The summed E-state index contributed by atoms with van der Waals surface area (Å²) in [6.45, 7) is 1.19. The first-order chi connectivity index (χ1) is 11.5. The second kappa shape index (κ2) is 8.18. The van der Waals surface area contributed by atoms with Crippen molar-refractivity contribution in [1.82, 2.24) is 4.98 Å². The van der Waals surface area contributed by atoms with E-state index in [9.17, 15) is 8.42 Å². The summed E-state index contributed by atoms with van der Waals surface area (Å²) in [5.74, 6) is 0.388. The van der Waals surface area contributed by atoms with Gasteiger partial charge in [-0.3, -0.25) is 4.72 Å². The number of methoxy groups -OCH3 is 2. The van der Waals surface area contributed by atoms with Gasteiger partial charge < -0.3 is 14.8 Å². The van der Waals surface area contributed by atoms with E-state index < -0.39 is 10.0 Å². The molecule has 130 valence electrons. The van der Waals surface area contributed by atoms with Crippen LogP contribution in [0.25, 0.3) is 0 Å². The van der Waals surface area contributed by atoms with Gasteiger partial charge in [0.1, 0.15) is 16.5 Å². The lowest BCUT2D eigenvalue weighted by Crippen LogP contribution is -2.15. The number of ether oxygens (including phenoxy) is 2. The van der Waals surface area contributed by atoms with E-state index in [0.29, 0.717) is 18.2 Å². The number of nitrogens with one attached hydrogen (secondary N) is 2. The number of aromatic nitrogens is 1. The Balaban J connectivity index is 2.16. The molecule has 0 spiro atoms. The number of nitrogens with zero attached hydrogens (tertiary/aromatic N) is 1. The van der Waals surface area contributed by atoms with Gasteiger partial charge in [-0.2, -0.15) is 0 Å². The maximum Gasteiger partial charge on any atom is 0.266 e. The predicted molar refractivity (Wildman–Crippen MR) is 93.4 cm³/mol. The van der Waals surface area contributed by atoms with Crippen molar-refractivity contribution in [3.05, 3.63) is 41.6 Å². The minimum atomic E-state index is -3.87. The maximum atomic E-state index is 12.5. The van der Waals surface area contributed by atoms with Gasteiger partial charge in [0, 0.05) is 18.7 Å². The highest BCUT2D eigenvalue weighted by molar-refractivity contribution is 7.92. The van der Waals surface area contributed by atoms with Crippen molar-refractivity contribution in [3.8, 4) is 5.75 Å². The van der Waals surface area contributed by atoms with E-state index in [4.69, 9.17) is 21.1 Å². The summed E-state index contributed by atoms with van der Waals surface area (Å²) in [7, 11) is -0.872. The SMILES string of the molecule is COCCNc1ccc(NS(=O)(=O)c2cc(Cl)ccc2OC)nc1. The van der Waals surface area contributed by atoms with Gasteiger partial charge in [0.15, 0.2) is 0 Å². The van der Waals surface area contributed by atoms with Gasteiger partial charge in [0.2, 0.25) is 0 Å². The lowest BCUT2D eigenvalue weighted by molar-refractivity contribution is 0.211. The third-order valence-electron chi connectivity index (χ3n) is 3.05. The summed E-state index contributed by atoms with van der Waals surface area (Å²) < 4.78 is 37.4. The van der Waals surface area contributed by atoms with Crippen molar-refractivity contribution in [3.63, 3.8) is 0 Å². The third-order valence-corrected chi connectivity index (χ3v) is 4.66. The second-order valence-corrected chi connectivity index (χ2v) is 6.84. The normalized spacial score (nSPS) is 11.1. The molecule has 0 saturated carbocycles. The van der Waals surface area contributed by atoms with Crippen LogP contribution in [-0.4, -0.2) is 40.8 Å². The topological polar surface area (TPSA) is 89.6 Å². The van der Waals surface area contributed by atoms with Gasteiger partial charge >= 0.3 is 0 Å². The van der Waals surface area contributed by atoms with Crippen molar-refractivity contribution >= 4 is 33.1 Å². The van der Waals surface area contributed by atoms with Crippen LogP contribution in [0.1, 0.15) is 0 Å². The average molecular weight is 372 g/mol. The number of sulfonamides is 1. The Morgan fingerprint density at radius 3 is 2.62 bits per heavy atom. The minimum absolute atomic E-state index is 0.0541. The molecule has 0 aliphatic carbocycles. The quantitative estimate of drug-likeness (QED) is 0.693. The van der Waals surface area contributed by atoms with E-state index in [1.165, 1.54) is 25.4 Å². The molecule has 1 aromatic heterocycles. The number of hydrogen-bond donors (Lipinski definition) is 2. The monoisotopic (exact) mass is 371 g/mol. The molecule has 1 aromatic carbocycles. The molecule has 2 N–H and O–H groups in total. The van der Waals surface area contributed by atoms with Crippen LogP contribution in [0.15, 0.2) is 41.4 Å². The molecule has 0 aliphatic rings. The van der Waals surface area contributed by atoms with E-state index in [0.717, 1.165) is 5.69 Å². The molecule has 0 radical (unpaired) electrons. The molecule has 0 aliphatic heterocycles. The van der Waals surface area contributed by atoms with E-state index >= 15 is 0 Å². The zero-order valence-corrected chi connectivity index (χ0v) is 14.8. The summed E-state index contributed by atoms with van der Waals surface area (Å²) >= 11 is 5.88. The van der Waals surface area contributed by atoms with Crippen LogP contribution in [0.5, 0.6) is 5.75 Å². The highest BCUT2D eigenvalue weighted by atomic mass is 35.5. The summed E-state index contributed by atoms with van der Waals surface area (Å²) in [6, 6.07) is 7.65. The van der Waals surface area contributed by atoms with Gasteiger partial charge in [-0.1, -0.05) is 11.6 Å². The Morgan fingerprint density at radius 1 is 1.21 bits per heavy atom. The molecule has 7 nitrogen and oxygen atoms in total. The number of rotatable bonds is 8. The summed E-state index contributed by atoms with van der Waals surface area (Å²) in [6.07, 6.45) is 1.53. The molecule has 0 fully saturated rings. The van der Waals surface area contributed by atoms with E-state index in [1.54, 1.807) is 25.3 Å². The number of halogens is 1. The van der Waals surface area contributed by atoms with Crippen molar-refractivity contribution < 1.29 is 17.9 Å². The van der Waals surface area contributed by atoms with E-state index in [2.05, 4.69) is 15.0 Å². The van der Waals surface area contributed by atoms with Crippen LogP contribution in [0.3, 0.4) is 0 Å². The smallest absolute Gasteiger partial charge is 0.266 e. The molecule has 2 aromatic rings. The first kappa shape index (κ1) is 18.3. The van der Waals surface area contributed by atoms with Crippen LogP contribution in [-0.2, 0) is 14.8 Å². The Morgan fingerprint density at radius 2 is 2.00 bits per heavy atom. The molecular weight excluding hydrogens is 354 g/mol. The molecule has 0 bridgehead atoms. The molecule has 0 saturated heterocycles. The molecule has 0 amide bonds. The van der Waals surface area contributed by atoms with Crippen LogP contribution < -0.4 is 14.8 Å². The van der Waals surface area contributed by atoms with Crippen molar-refractivity contribution in [2.45, 2.75) is 4.90 Å². The highest BCUT2D eigenvalue weighted by Gasteiger charge is 2.20. The largest absolute Gasteiger partial charge is 0.495 e. The number of hydrogen-bond acceptors (Lipinski definition) is 6. The molecule has 0 atom stereocenters. The average Bonchev–Trinajstić information content (AvgIpc) is 2.56. The van der Waals surface area contributed by atoms with E-state index in [-0.39, 0.29) is 16.5 Å². The first-order valence-electron chi connectivity index (χ1n) is 7.01. The second-order valence-electron chi connectivity index (χ2n) is 4.75. The molecule has 2 rings (SSSR count). The lowest BCUT2D eigenvalue weighted by Gasteiger charge is -2.12. The van der Waals surface area contributed by atoms with Gasteiger partial charge in [0.25, 0.3) is 10.0 Å². The van der Waals surface area contributed by atoms with Crippen LogP contribution >= 0.6 is 11.6 Å². The maximum absolute atomic E-state index is 12.5. The van der Waals surface area contributed by atoms with Crippen molar-refractivity contribution in [1.29, 1.82) is 0 Å².